The van der Waals surface area contributed by atoms with Gasteiger partial charge in [0, 0.05) is 0 Å². The first-order valence-corrected chi connectivity index (χ1v) is 8.86. The number of hydrogen-bond donors (Lipinski definition) is 8. The van der Waals surface area contributed by atoms with Crippen LogP contribution in [0.4, 0.5) is 0 Å². The number of unbranched alkanes of at least 4 members (excludes halogenated alkanes) is 1. The Kier molecular flexibility index (Phi) is 17.3. The highest BCUT2D eigenvalue weighted by Crippen LogP contribution is 2.01. The van der Waals surface area contributed by atoms with Crippen LogP contribution in [0.25, 0.3) is 0 Å². The van der Waals surface area contributed by atoms with E-state index in [-0.39, 0.29) is 0 Å². The topological polar surface area (TPSA) is 236 Å². The molecular formula is C18H32N4O7. The van der Waals surface area contributed by atoms with Crippen molar-refractivity contribution in [2.45, 2.75) is 43.8 Å². The number of carboxylic acid groups (broad SMARTS) is 3. The third-order valence-electron chi connectivity index (χ3n) is 3.42. The van der Waals surface area contributed by atoms with Crippen LogP contribution in [0.15, 0.2) is 30.3 Å². The molecule has 1 aromatic rings. The Balaban J connectivity index is 0. The predicted molar refractivity (Wildman–Crippen MR) is 107 cm³/mol. The van der Waals surface area contributed by atoms with Gasteiger partial charge in [-0.2, -0.15) is 0 Å². The SMILES string of the molecule is NC(CO)C(=O)O.NC(Cc1ccccc1)C(=O)O.NCCCCC(N)C(=O)O. The standard InChI is InChI=1S/C9H11NO2.C6H14N2O2.C3H7NO3/c10-8(9(11)12)6-7-4-2-1-3-5-7;7-4-2-1-3-5(8)6(9)10;4-2(1-5)3(6)7/h1-5,8H,6,10H2,(H,11,12);5H,1-4,7-8H2,(H,9,10);2,5H,1,4H2,(H,6,7). The largest absolute Gasteiger partial charge is 0.480 e. The Morgan fingerprint density at radius 2 is 1.28 bits per heavy atom. The summed E-state index contributed by atoms with van der Waals surface area (Å²) in [6.45, 7) is 0.0989. The number of rotatable bonds is 10. The molecule has 11 heteroatoms. The zero-order valence-electron chi connectivity index (χ0n) is 16.2. The minimum atomic E-state index is -1.18. The fraction of sp³-hybridized carbons (Fsp3) is 0.500. The number of aliphatic hydroxyl groups is 1. The minimum absolute atomic E-state index is 0.385. The Morgan fingerprint density at radius 3 is 1.62 bits per heavy atom. The number of carboxylic acids is 3. The summed E-state index contributed by atoms with van der Waals surface area (Å²) in [5.41, 5.74) is 21.5. The molecule has 0 saturated heterocycles. The molecule has 0 aromatic heterocycles. The lowest BCUT2D eigenvalue weighted by Crippen LogP contribution is -2.33. The van der Waals surface area contributed by atoms with Gasteiger partial charge in [-0.1, -0.05) is 36.8 Å². The maximum absolute atomic E-state index is 10.4. The van der Waals surface area contributed by atoms with Crippen LogP contribution >= 0.6 is 0 Å². The number of nitrogens with two attached hydrogens (primary N) is 4. The van der Waals surface area contributed by atoms with Crippen LogP contribution in [-0.2, 0) is 20.8 Å². The van der Waals surface area contributed by atoms with Gasteiger partial charge in [0.2, 0.25) is 0 Å². The molecule has 1 aromatic carbocycles. The van der Waals surface area contributed by atoms with Gasteiger partial charge in [-0.3, -0.25) is 14.4 Å². The lowest BCUT2D eigenvalue weighted by molar-refractivity contribution is -0.140. The zero-order valence-corrected chi connectivity index (χ0v) is 16.2. The van der Waals surface area contributed by atoms with E-state index in [0.29, 0.717) is 19.4 Å². The molecular weight excluding hydrogens is 384 g/mol. The van der Waals surface area contributed by atoms with E-state index in [0.717, 1.165) is 18.4 Å². The average Bonchev–Trinajstić information content (AvgIpc) is 2.68. The molecule has 0 saturated carbocycles. The van der Waals surface area contributed by atoms with E-state index in [1.807, 2.05) is 30.3 Å². The highest BCUT2D eigenvalue weighted by molar-refractivity contribution is 5.73. The second-order valence-corrected chi connectivity index (χ2v) is 5.99. The van der Waals surface area contributed by atoms with Gasteiger partial charge in [0.05, 0.1) is 6.61 Å². The number of aliphatic hydroxyl groups excluding tert-OH is 1. The summed E-state index contributed by atoms with van der Waals surface area (Å²) < 4.78 is 0. The zero-order chi connectivity index (χ0) is 22.8. The Labute approximate surface area is 169 Å². The summed E-state index contributed by atoms with van der Waals surface area (Å²) in [6, 6.07) is 6.70. The molecule has 3 atom stereocenters. The van der Waals surface area contributed by atoms with E-state index < -0.39 is 42.6 Å². The van der Waals surface area contributed by atoms with E-state index in [9.17, 15) is 14.4 Å². The predicted octanol–water partition coefficient (Wildman–Crippen LogP) is -1.44. The molecule has 0 aliphatic carbocycles. The molecule has 1 rings (SSSR count). The molecule has 29 heavy (non-hydrogen) atoms. The summed E-state index contributed by atoms with van der Waals surface area (Å²) in [5, 5.41) is 32.7. The summed E-state index contributed by atoms with van der Waals surface area (Å²) in [5.74, 6) is -3.07. The molecule has 3 unspecified atom stereocenters. The molecule has 0 spiro atoms. The maximum Gasteiger partial charge on any atom is 0.322 e. The van der Waals surface area contributed by atoms with Crippen LogP contribution in [0.3, 0.4) is 0 Å². The van der Waals surface area contributed by atoms with E-state index in [2.05, 4.69) is 0 Å². The highest BCUT2D eigenvalue weighted by Gasteiger charge is 2.11. The normalized spacial score (nSPS) is 12.9. The smallest absolute Gasteiger partial charge is 0.322 e. The molecule has 0 aliphatic heterocycles. The first-order chi connectivity index (χ1) is 13.6. The average molecular weight is 416 g/mol. The Hall–Kier alpha value is -2.57. The van der Waals surface area contributed by atoms with E-state index in [1.54, 1.807) is 0 Å². The molecule has 12 N–H and O–H groups in total. The van der Waals surface area contributed by atoms with Crippen LogP contribution in [0.1, 0.15) is 24.8 Å². The first-order valence-electron chi connectivity index (χ1n) is 8.86. The quantitative estimate of drug-likeness (QED) is 0.205. The Bertz CT molecular complexity index is 587. The van der Waals surface area contributed by atoms with Crippen LogP contribution in [-0.4, -0.2) is 69.6 Å². The minimum Gasteiger partial charge on any atom is -0.480 e. The van der Waals surface area contributed by atoms with Crippen molar-refractivity contribution in [1.82, 2.24) is 0 Å². The van der Waals surface area contributed by atoms with Crippen molar-refractivity contribution in [2.75, 3.05) is 13.2 Å². The van der Waals surface area contributed by atoms with Crippen molar-refractivity contribution in [1.29, 1.82) is 0 Å². The van der Waals surface area contributed by atoms with Crippen molar-refractivity contribution in [3.63, 3.8) is 0 Å². The maximum atomic E-state index is 10.4. The van der Waals surface area contributed by atoms with Crippen LogP contribution in [0.2, 0.25) is 0 Å². The lowest BCUT2D eigenvalue weighted by Gasteiger charge is -2.04. The van der Waals surface area contributed by atoms with E-state index in [1.165, 1.54) is 0 Å². The van der Waals surface area contributed by atoms with Crippen molar-refractivity contribution in [3.05, 3.63) is 35.9 Å². The van der Waals surface area contributed by atoms with Crippen molar-refractivity contribution >= 4 is 17.9 Å². The number of carbonyl (C=O) groups is 3. The second-order valence-electron chi connectivity index (χ2n) is 5.99. The van der Waals surface area contributed by atoms with Gasteiger partial charge in [0.25, 0.3) is 0 Å². The summed E-state index contributed by atoms with van der Waals surface area (Å²) in [4.78, 5) is 30.2. The molecule has 0 fully saturated rings. The fourth-order valence-corrected chi connectivity index (χ4v) is 1.67. The third-order valence-corrected chi connectivity index (χ3v) is 3.42. The molecule has 0 aliphatic rings. The number of hydrogen-bond acceptors (Lipinski definition) is 8. The van der Waals surface area contributed by atoms with Crippen molar-refractivity contribution < 1.29 is 34.8 Å². The highest BCUT2D eigenvalue weighted by atomic mass is 16.4. The van der Waals surface area contributed by atoms with Gasteiger partial charge < -0.3 is 43.4 Å². The van der Waals surface area contributed by atoms with Gasteiger partial charge in [0.1, 0.15) is 18.1 Å². The van der Waals surface area contributed by atoms with Gasteiger partial charge in [-0.25, -0.2) is 0 Å². The van der Waals surface area contributed by atoms with Gasteiger partial charge in [-0.05, 0) is 31.4 Å². The second kappa shape index (κ2) is 17.5. The molecule has 0 radical (unpaired) electrons. The van der Waals surface area contributed by atoms with E-state index >= 15 is 0 Å². The number of aliphatic carboxylic acids is 3. The van der Waals surface area contributed by atoms with Crippen LogP contribution in [0.5, 0.6) is 0 Å². The third kappa shape index (κ3) is 17.3. The van der Waals surface area contributed by atoms with Crippen molar-refractivity contribution in [2.24, 2.45) is 22.9 Å². The Morgan fingerprint density at radius 1 is 0.793 bits per heavy atom. The fourth-order valence-electron chi connectivity index (χ4n) is 1.67. The number of benzene rings is 1. The van der Waals surface area contributed by atoms with Crippen molar-refractivity contribution in [3.8, 4) is 0 Å². The molecule has 0 bridgehead atoms. The lowest BCUT2D eigenvalue weighted by atomic mass is 10.1. The molecule has 166 valence electrons. The van der Waals surface area contributed by atoms with Crippen LogP contribution < -0.4 is 22.9 Å². The molecule has 11 nitrogen and oxygen atoms in total. The molecule has 0 heterocycles. The summed E-state index contributed by atoms with van der Waals surface area (Å²) >= 11 is 0. The summed E-state index contributed by atoms with van der Waals surface area (Å²) in [6.07, 6.45) is 2.55. The monoisotopic (exact) mass is 416 g/mol. The van der Waals surface area contributed by atoms with E-state index in [4.69, 9.17) is 43.4 Å². The van der Waals surface area contributed by atoms with Gasteiger partial charge in [-0.15, -0.1) is 0 Å². The summed E-state index contributed by atoms with van der Waals surface area (Å²) in [7, 11) is 0. The molecule has 0 amide bonds. The van der Waals surface area contributed by atoms with Gasteiger partial charge in [0.15, 0.2) is 0 Å². The van der Waals surface area contributed by atoms with Gasteiger partial charge >= 0.3 is 17.9 Å². The first kappa shape index (κ1) is 28.6. The van der Waals surface area contributed by atoms with Crippen LogP contribution in [0, 0.1) is 0 Å².